The lowest BCUT2D eigenvalue weighted by molar-refractivity contribution is 0.560. The molecule has 0 spiro atoms. The number of nitrogens with zero attached hydrogens (tertiary/aromatic N) is 1. The minimum absolute atomic E-state index is 0.385. The van der Waals surface area contributed by atoms with Gasteiger partial charge in [0.05, 0.1) is 0 Å². The Morgan fingerprint density at radius 2 is 1.93 bits per heavy atom. The zero-order valence-corrected chi connectivity index (χ0v) is 10.1. The maximum atomic E-state index is 4.03. The molecule has 0 aliphatic rings. The fourth-order valence-corrected chi connectivity index (χ4v) is 2.80. The molecule has 78 valence electrons. The minimum Gasteiger partial charge on any atom is -0.265 e. The first-order valence-electron chi connectivity index (χ1n) is 5.29. The molecule has 1 rings (SSSR count). The van der Waals surface area contributed by atoms with E-state index in [1.165, 1.54) is 24.2 Å². The van der Waals surface area contributed by atoms with Gasteiger partial charge in [-0.15, -0.1) is 11.8 Å². The van der Waals surface area contributed by atoms with Gasteiger partial charge in [0, 0.05) is 22.0 Å². The van der Waals surface area contributed by atoms with Gasteiger partial charge in [-0.05, 0) is 25.0 Å². The smallest absolute Gasteiger partial charge is 0.0278 e. The van der Waals surface area contributed by atoms with E-state index in [9.17, 15) is 0 Å². The van der Waals surface area contributed by atoms with E-state index in [0.29, 0.717) is 4.75 Å². The molecule has 0 aliphatic heterocycles. The number of hydrogen-bond acceptors (Lipinski definition) is 2. The Morgan fingerprint density at radius 3 is 2.43 bits per heavy atom. The van der Waals surface area contributed by atoms with Crippen molar-refractivity contribution in [3.63, 3.8) is 0 Å². The summed E-state index contributed by atoms with van der Waals surface area (Å²) in [5, 5.41) is 0. The van der Waals surface area contributed by atoms with Crippen LogP contribution in [0.3, 0.4) is 0 Å². The largest absolute Gasteiger partial charge is 0.265 e. The third-order valence-corrected chi connectivity index (χ3v) is 4.03. The quantitative estimate of drug-likeness (QED) is 0.676. The Kier molecular flexibility index (Phi) is 4.46. The van der Waals surface area contributed by atoms with Crippen LogP contribution in [0.2, 0.25) is 0 Å². The lowest BCUT2D eigenvalue weighted by atomic mass is 10.0. The van der Waals surface area contributed by atoms with Gasteiger partial charge in [0.2, 0.25) is 0 Å². The highest BCUT2D eigenvalue weighted by Gasteiger charge is 2.21. The summed E-state index contributed by atoms with van der Waals surface area (Å²) < 4.78 is 0.385. The van der Waals surface area contributed by atoms with Gasteiger partial charge in [-0.2, -0.15) is 0 Å². The van der Waals surface area contributed by atoms with E-state index in [4.69, 9.17) is 0 Å². The average Bonchev–Trinajstić information content (AvgIpc) is 2.20. The molecular formula is C12H19NS. The predicted molar refractivity (Wildman–Crippen MR) is 63.7 cm³/mol. The molecule has 0 bridgehead atoms. The van der Waals surface area contributed by atoms with Crippen LogP contribution in [0.5, 0.6) is 0 Å². The second kappa shape index (κ2) is 5.40. The monoisotopic (exact) mass is 209 g/mol. The van der Waals surface area contributed by atoms with Crippen LogP contribution in [-0.4, -0.2) is 9.73 Å². The fraction of sp³-hybridized carbons (Fsp3) is 0.583. The summed E-state index contributed by atoms with van der Waals surface area (Å²) in [6.07, 6.45) is 7.47. The van der Waals surface area contributed by atoms with Gasteiger partial charge in [-0.1, -0.05) is 27.2 Å². The van der Waals surface area contributed by atoms with Crippen LogP contribution in [-0.2, 0) is 0 Å². The number of pyridine rings is 1. The van der Waals surface area contributed by atoms with Crippen molar-refractivity contribution in [2.75, 3.05) is 0 Å². The first-order chi connectivity index (χ1) is 6.70. The van der Waals surface area contributed by atoms with E-state index < -0.39 is 0 Å². The van der Waals surface area contributed by atoms with Crippen molar-refractivity contribution >= 4 is 11.8 Å². The summed E-state index contributed by atoms with van der Waals surface area (Å²) in [7, 11) is 0. The lowest BCUT2D eigenvalue weighted by Gasteiger charge is -2.27. The molecule has 0 aliphatic carbocycles. The van der Waals surface area contributed by atoms with Gasteiger partial charge in [-0.3, -0.25) is 4.98 Å². The molecule has 0 N–H and O–H groups in total. The summed E-state index contributed by atoms with van der Waals surface area (Å²) in [4.78, 5) is 5.37. The van der Waals surface area contributed by atoms with Crippen LogP contribution in [0.1, 0.15) is 40.0 Å². The highest BCUT2D eigenvalue weighted by molar-refractivity contribution is 8.00. The Bertz CT molecular complexity index is 260. The summed E-state index contributed by atoms with van der Waals surface area (Å²) in [6, 6.07) is 4.18. The molecule has 1 aromatic heterocycles. The molecule has 0 fully saturated rings. The summed E-state index contributed by atoms with van der Waals surface area (Å²) in [5.74, 6) is 0. The molecule has 1 atom stereocenters. The number of rotatable bonds is 5. The molecule has 0 amide bonds. The molecule has 0 radical (unpaired) electrons. The number of hydrogen-bond donors (Lipinski definition) is 0. The molecular weight excluding hydrogens is 190 g/mol. The molecule has 0 saturated heterocycles. The Morgan fingerprint density at radius 1 is 1.29 bits per heavy atom. The first kappa shape index (κ1) is 11.6. The van der Waals surface area contributed by atoms with E-state index in [1.807, 2.05) is 24.2 Å². The molecule has 2 heteroatoms. The van der Waals surface area contributed by atoms with Gasteiger partial charge in [0.25, 0.3) is 0 Å². The Hall–Kier alpha value is -0.500. The maximum absolute atomic E-state index is 4.03. The van der Waals surface area contributed by atoms with E-state index in [1.54, 1.807) is 0 Å². The van der Waals surface area contributed by atoms with Crippen molar-refractivity contribution in [2.45, 2.75) is 49.7 Å². The van der Waals surface area contributed by atoms with Crippen LogP contribution < -0.4 is 0 Å². The van der Waals surface area contributed by atoms with Crippen molar-refractivity contribution in [2.24, 2.45) is 0 Å². The Labute approximate surface area is 91.3 Å². The second-order valence-electron chi connectivity index (χ2n) is 3.84. The zero-order valence-electron chi connectivity index (χ0n) is 9.29. The van der Waals surface area contributed by atoms with Crippen LogP contribution in [0.15, 0.2) is 29.4 Å². The number of aromatic nitrogens is 1. The molecule has 1 nitrogen and oxygen atoms in total. The highest BCUT2D eigenvalue weighted by atomic mass is 32.2. The van der Waals surface area contributed by atoms with Crippen molar-refractivity contribution in [1.29, 1.82) is 0 Å². The van der Waals surface area contributed by atoms with Gasteiger partial charge in [0.15, 0.2) is 0 Å². The fourth-order valence-electron chi connectivity index (χ4n) is 1.52. The molecule has 1 aromatic rings. The zero-order chi connectivity index (χ0) is 10.4. The van der Waals surface area contributed by atoms with E-state index in [2.05, 4.69) is 37.9 Å². The minimum atomic E-state index is 0.385. The van der Waals surface area contributed by atoms with Crippen LogP contribution in [0, 0.1) is 0 Å². The topological polar surface area (TPSA) is 12.9 Å². The van der Waals surface area contributed by atoms with Crippen LogP contribution >= 0.6 is 11.8 Å². The van der Waals surface area contributed by atoms with E-state index in [0.717, 1.165) is 0 Å². The lowest BCUT2D eigenvalue weighted by Crippen LogP contribution is -2.17. The highest BCUT2D eigenvalue weighted by Crippen LogP contribution is 2.38. The maximum Gasteiger partial charge on any atom is 0.0278 e. The van der Waals surface area contributed by atoms with E-state index in [-0.39, 0.29) is 0 Å². The van der Waals surface area contributed by atoms with Gasteiger partial charge >= 0.3 is 0 Å². The van der Waals surface area contributed by atoms with Crippen LogP contribution in [0.25, 0.3) is 0 Å². The molecule has 1 unspecified atom stereocenters. The summed E-state index contributed by atoms with van der Waals surface area (Å²) in [5.41, 5.74) is 0. The normalized spacial score (nSPS) is 15.1. The number of thioether (sulfide) groups is 1. The van der Waals surface area contributed by atoms with Crippen molar-refractivity contribution in [3.8, 4) is 0 Å². The SMILES string of the molecule is CCCC(C)(CC)Sc1ccncc1. The van der Waals surface area contributed by atoms with E-state index >= 15 is 0 Å². The van der Waals surface area contributed by atoms with Crippen LogP contribution in [0.4, 0.5) is 0 Å². The summed E-state index contributed by atoms with van der Waals surface area (Å²) in [6.45, 7) is 6.87. The molecule has 14 heavy (non-hydrogen) atoms. The third kappa shape index (κ3) is 3.33. The Balaban J connectivity index is 2.65. The van der Waals surface area contributed by atoms with Gasteiger partial charge < -0.3 is 0 Å². The van der Waals surface area contributed by atoms with Gasteiger partial charge in [-0.25, -0.2) is 0 Å². The average molecular weight is 209 g/mol. The molecule has 0 saturated carbocycles. The van der Waals surface area contributed by atoms with Crippen molar-refractivity contribution in [3.05, 3.63) is 24.5 Å². The summed E-state index contributed by atoms with van der Waals surface area (Å²) >= 11 is 1.98. The van der Waals surface area contributed by atoms with Crippen molar-refractivity contribution in [1.82, 2.24) is 4.98 Å². The standard InChI is InChI=1S/C12H19NS/c1-4-8-12(3,5-2)14-11-6-9-13-10-7-11/h6-7,9-10H,4-5,8H2,1-3H3. The predicted octanol–water partition coefficient (Wildman–Crippen LogP) is 4.14. The molecule has 1 heterocycles. The third-order valence-electron chi connectivity index (χ3n) is 2.54. The first-order valence-corrected chi connectivity index (χ1v) is 6.11. The van der Waals surface area contributed by atoms with Gasteiger partial charge in [0.1, 0.15) is 0 Å². The second-order valence-corrected chi connectivity index (χ2v) is 5.50. The molecule has 0 aromatic carbocycles. The van der Waals surface area contributed by atoms with Crippen molar-refractivity contribution < 1.29 is 0 Å².